The first kappa shape index (κ1) is 11.4. The van der Waals surface area contributed by atoms with Crippen molar-refractivity contribution in [2.24, 2.45) is 0 Å². The maximum Gasteiger partial charge on any atom is 0.417 e. The van der Waals surface area contributed by atoms with Crippen molar-refractivity contribution in [1.29, 1.82) is 0 Å². The standard InChI is InChI=1S/C12H8F3NO/c13-12(14,15)10-6-11(17)16-7-9(10)8-4-2-1-3-5-8/h1-7H,(H,16,17). The zero-order valence-electron chi connectivity index (χ0n) is 8.58. The van der Waals surface area contributed by atoms with Crippen molar-refractivity contribution in [2.75, 3.05) is 0 Å². The van der Waals surface area contributed by atoms with Crippen LogP contribution < -0.4 is 5.56 Å². The molecule has 0 saturated carbocycles. The van der Waals surface area contributed by atoms with E-state index in [2.05, 4.69) is 4.98 Å². The molecule has 2 aromatic rings. The Labute approximate surface area is 94.7 Å². The van der Waals surface area contributed by atoms with Crippen LogP contribution in [0.15, 0.2) is 47.4 Å². The van der Waals surface area contributed by atoms with Gasteiger partial charge >= 0.3 is 6.18 Å². The van der Waals surface area contributed by atoms with E-state index >= 15 is 0 Å². The highest BCUT2D eigenvalue weighted by Gasteiger charge is 2.34. The van der Waals surface area contributed by atoms with Crippen LogP contribution in [0, 0.1) is 0 Å². The Kier molecular flexibility index (Phi) is 2.75. The molecule has 0 bridgehead atoms. The zero-order chi connectivity index (χ0) is 12.5. The van der Waals surface area contributed by atoms with Gasteiger partial charge in [0.15, 0.2) is 0 Å². The van der Waals surface area contributed by atoms with Crippen LogP contribution in [0.1, 0.15) is 5.56 Å². The van der Waals surface area contributed by atoms with Gasteiger partial charge in [-0.3, -0.25) is 4.79 Å². The SMILES string of the molecule is O=c1cc(C(F)(F)F)c(-c2ccccc2)c[nH]1. The van der Waals surface area contributed by atoms with Crippen molar-refractivity contribution in [2.45, 2.75) is 6.18 Å². The van der Waals surface area contributed by atoms with Crippen molar-refractivity contribution < 1.29 is 13.2 Å². The van der Waals surface area contributed by atoms with Crippen molar-refractivity contribution in [3.8, 4) is 11.1 Å². The van der Waals surface area contributed by atoms with Crippen LogP contribution in [0.4, 0.5) is 13.2 Å². The summed E-state index contributed by atoms with van der Waals surface area (Å²) in [4.78, 5) is 13.2. The third kappa shape index (κ3) is 2.38. The molecule has 0 unspecified atom stereocenters. The van der Waals surface area contributed by atoms with Crippen LogP contribution in [-0.2, 0) is 6.18 Å². The Morgan fingerprint density at radius 1 is 1.06 bits per heavy atom. The molecule has 0 aliphatic rings. The summed E-state index contributed by atoms with van der Waals surface area (Å²) in [5.74, 6) is 0. The largest absolute Gasteiger partial charge is 0.417 e. The van der Waals surface area contributed by atoms with Crippen LogP contribution in [0.2, 0.25) is 0 Å². The van der Waals surface area contributed by atoms with Crippen LogP contribution in [0.3, 0.4) is 0 Å². The van der Waals surface area contributed by atoms with Crippen LogP contribution in [0.5, 0.6) is 0 Å². The number of hydrogen-bond donors (Lipinski definition) is 1. The number of nitrogens with one attached hydrogen (secondary N) is 1. The number of H-pyrrole nitrogens is 1. The van der Waals surface area contributed by atoms with Gasteiger partial charge in [0, 0.05) is 17.8 Å². The van der Waals surface area contributed by atoms with E-state index in [-0.39, 0.29) is 5.56 Å². The fraction of sp³-hybridized carbons (Fsp3) is 0.0833. The van der Waals surface area contributed by atoms with Gasteiger partial charge in [0.2, 0.25) is 5.56 Å². The summed E-state index contributed by atoms with van der Waals surface area (Å²) in [6.07, 6.45) is -3.46. The quantitative estimate of drug-likeness (QED) is 0.815. The maximum atomic E-state index is 12.8. The molecule has 1 aromatic heterocycles. The molecule has 2 nitrogen and oxygen atoms in total. The van der Waals surface area contributed by atoms with Gasteiger partial charge in [0.1, 0.15) is 0 Å². The molecule has 0 atom stereocenters. The number of halogens is 3. The molecule has 17 heavy (non-hydrogen) atoms. The van der Waals surface area contributed by atoms with E-state index in [0.717, 1.165) is 6.20 Å². The summed E-state index contributed by atoms with van der Waals surface area (Å²) in [5, 5.41) is 0. The lowest BCUT2D eigenvalue weighted by Gasteiger charge is -2.11. The topological polar surface area (TPSA) is 32.9 Å². The Bertz CT molecular complexity index is 572. The average molecular weight is 239 g/mol. The van der Waals surface area contributed by atoms with E-state index in [1.807, 2.05) is 0 Å². The minimum atomic E-state index is -4.54. The van der Waals surface area contributed by atoms with E-state index in [1.165, 1.54) is 0 Å². The summed E-state index contributed by atoms with van der Waals surface area (Å²) in [6.45, 7) is 0. The molecule has 0 saturated heterocycles. The molecule has 0 aliphatic carbocycles. The fourth-order valence-electron chi connectivity index (χ4n) is 1.56. The molecule has 88 valence electrons. The molecule has 0 spiro atoms. The average Bonchev–Trinajstić information content (AvgIpc) is 2.29. The highest BCUT2D eigenvalue weighted by molar-refractivity contribution is 5.66. The molecule has 1 heterocycles. The second kappa shape index (κ2) is 4.08. The van der Waals surface area contributed by atoms with Gasteiger partial charge in [0.05, 0.1) is 5.56 Å². The van der Waals surface area contributed by atoms with Gasteiger partial charge in [-0.2, -0.15) is 13.2 Å². The molecule has 2 rings (SSSR count). The Morgan fingerprint density at radius 2 is 1.71 bits per heavy atom. The number of benzene rings is 1. The number of aromatic nitrogens is 1. The fourth-order valence-corrected chi connectivity index (χ4v) is 1.56. The third-order valence-corrected chi connectivity index (χ3v) is 2.31. The first-order chi connectivity index (χ1) is 7.98. The lowest BCUT2D eigenvalue weighted by Crippen LogP contribution is -2.14. The Morgan fingerprint density at radius 3 is 2.29 bits per heavy atom. The van der Waals surface area contributed by atoms with Crippen LogP contribution >= 0.6 is 0 Å². The van der Waals surface area contributed by atoms with Crippen molar-refractivity contribution in [3.05, 3.63) is 58.5 Å². The first-order valence-corrected chi connectivity index (χ1v) is 4.84. The van der Waals surface area contributed by atoms with Crippen molar-refractivity contribution >= 4 is 0 Å². The van der Waals surface area contributed by atoms with Gasteiger partial charge in [0.25, 0.3) is 0 Å². The van der Waals surface area contributed by atoms with Gasteiger partial charge in [-0.1, -0.05) is 30.3 Å². The van der Waals surface area contributed by atoms with E-state index in [9.17, 15) is 18.0 Å². The molecular weight excluding hydrogens is 231 g/mol. The molecule has 1 N–H and O–H groups in total. The zero-order valence-corrected chi connectivity index (χ0v) is 8.58. The Hall–Kier alpha value is -2.04. The van der Waals surface area contributed by atoms with Gasteiger partial charge < -0.3 is 4.98 Å². The number of alkyl halides is 3. The summed E-state index contributed by atoms with van der Waals surface area (Å²) in [5.41, 5.74) is -1.31. The lowest BCUT2D eigenvalue weighted by atomic mass is 10.0. The minimum absolute atomic E-state index is 0.0299. The third-order valence-electron chi connectivity index (χ3n) is 2.31. The summed E-state index contributed by atoms with van der Waals surface area (Å²) in [6, 6.07) is 8.68. The molecule has 0 radical (unpaired) electrons. The highest BCUT2D eigenvalue weighted by atomic mass is 19.4. The smallest absolute Gasteiger partial charge is 0.328 e. The van der Waals surface area contributed by atoms with E-state index in [1.54, 1.807) is 30.3 Å². The number of hydrogen-bond acceptors (Lipinski definition) is 1. The summed E-state index contributed by atoms with van der Waals surface area (Å²) in [7, 11) is 0. The second-order valence-electron chi connectivity index (χ2n) is 3.49. The minimum Gasteiger partial charge on any atom is -0.328 e. The van der Waals surface area contributed by atoms with E-state index < -0.39 is 17.3 Å². The van der Waals surface area contributed by atoms with Crippen LogP contribution in [0.25, 0.3) is 11.1 Å². The van der Waals surface area contributed by atoms with Gasteiger partial charge in [-0.25, -0.2) is 0 Å². The normalized spacial score (nSPS) is 11.5. The maximum absolute atomic E-state index is 12.8. The highest BCUT2D eigenvalue weighted by Crippen LogP contribution is 2.35. The lowest BCUT2D eigenvalue weighted by molar-refractivity contribution is -0.137. The second-order valence-corrected chi connectivity index (χ2v) is 3.49. The molecule has 0 aliphatic heterocycles. The van der Waals surface area contributed by atoms with E-state index in [4.69, 9.17) is 0 Å². The molecule has 1 aromatic carbocycles. The van der Waals surface area contributed by atoms with Crippen molar-refractivity contribution in [1.82, 2.24) is 4.98 Å². The summed E-state index contributed by atoms with van der Waals surface area (Å²) < 4.78 is 38.3. The predicted molar refractivity (Wildman–Crippen MR) is 57.5 cm³/mol. The number of pyridine rings is 1. The predicted octanol–water partition coefficient (Wildman–Crippen LogP) is 3.06. The van der Waals surface area contributed by atoms with Gasteiger partial charge in [-0.05, 0) is 5.56 Å². The van der Waals surface area contributed by atoms with Crippen molar-refractivity contribution in [3.63, 3.8) is 0 Å². The molecular formula is C12H8F3NO. The summed E-state index contributed by atoms with van der Waals surface area (Å²) >= 11 is 0. The van der Waals surface area contributed by atoms with Gasteiger partial charge in [-0.15, -0.1) is 0 Å². The number of rotatable bonds is 1. The monoisotopic (exact) mass is 239 g/mol. The Balaban J connectivity index is 2.67. The molecule has 0 fully saturated rings. The van der Waals surface area contributed by atoms with Crippen LogP contribution in [-0.4, -0.2) is 4.98 Å². The number of aromatic amines is 1. The molecule has 0 amide bonds. The molecule has 5 heteroatoms. The first-order valence-electron chi connectivity index (χ1n) is 4.84. The van der Waals surface area contributed by atoms with E-state index in [0.29, 0.717) is 11.6 Å².